The number of esters is 3. The molecule has 13 heteroatoms. The number of carbonyl (C=O) groups excluding carboxylic acids is 3. The molecule has 0 spiro atoms. The van der Waals surface area contributed by atoms with Crippen LogP contribution in [0, 0.1) is 3.70 Å². The van der Waals surface area contributed by atoms with Crippen LogP contribution in [-0.4, -0.2) is 50.8 Å². The van der Waals surface area contributed by atoms with E-state index in [0.29, 0.717) is 20.7 Å². The Hall–Kier alpha value is -3.49. The Kier molecular flexibility index (Phi) is 5.58. The van der Waals surface area contributed by atoms with Crippen molar-refractivity contribution in [3.05, 3.63) is 33.3 Å². The molecule has 0 atom stereocenters. The minimum absolute atomic E-state index is 0.00257. The van der Waals surface area contributed by atoms with Crippen molar-refractivity contribution >= 4 is 57.6 Å². The third-order valence-electron chi connectivity index (χ3n) is 4.15. The number of hydrogen-bond donors (Lipinski definition) is 1. The van der Waals surface area contributed by atoms with Gasteiger partial charge in [-0.05, 0) is 47.7 Å². The van der Waals surface area contributed by atoms with Gasteiger partial charge in [-0.25, -0.2) is 24.5 Å². The molecule has 2 N–H and O–H groups in total. The largest absolute Gasteiger partial charge is 0.465 e. The SMILES string of the molecule is CCOC(=O)Cn1c(N)nc2c(I)nc(C(=O)OC(=O)c3ccc4c(c3)OCO4)nc21. The van der Waals surface area contributed by atoms with Gasteiger partial charge in [-0.1, -0.05) is 0 Å². The van der Waals surface area contributed by atoms with Crippen LogP contribution in [0.5, 0.6) is 11.5 Å². The first-order valence-electron chi connectivity index (χ1n) is 8.88. The van der Waals surface area contributed by atoms with Gasteiger partial charge >= 0.3 is 17.9 Å². The van der Waals surface area contributed by atoms with Crippen molar-refractivity contribution in [2.24, 2.45) is 0 Å². The van der Waals surface area contributed by atoms with Crippen molar-refractivity contribution < 1.29 is 33.3 Å². The average molecular weight is 539 g/mol. The third kappa shape index (κ3) is 4.08. The standard InChI is InChI=1S/C18H14IN5O7/c1-2-28-11(25)6-24-15-12(21-18(24)20)13(19)22-14(23-15)17(27)31-16(26)8-3-4-9-10(5-8)30-7-29-9/h3-5H,2,6-7H2,1H3,(H2,20,21). The van der Waals surface area contributed by atoms with Gasteiger partial charge in [0.2, 0.25) is 18.6 Å². The highest BCUT2D eigenvalue weighted by Gasteiger charge is 2.24. The molecule has 0 amide bonds. The molecule has 4 rings (SSSR count). The monoisotopic (exact) mass is 539 g/mol. The number of carbonyl (C=O) groups is 3. The van der Waals surface area contributed by atoms with Gasteiger partial charge < -0.3 is 24.7 Å². The Morgan fingerprint density at radius 3 is 2.71 bits per heavy atom. The van der Waals surface area contributed by atoms with E-state index in [2.05, 4.69) is 15.0 Å². The van der Waals surface area contributed by atoms with E-state index in [1.165, 1.54) is 22.8 Å². The van der Waals surface area contributed by atoms with E-state index in [4.69, 9.17) is 24.7 Å². The molecule has 1 aliphatic rings. The van der Waals surface area contributed by atoms with Crippen LogP contribution in [0.25, 0.3) is 11.2 Å². The van der Waals surface area contributed by atoms with E-state index in [-0.39, 0.29) is 37.1 Å². The van der Waals surface area contributed by atoms with E-state index in [1.807, 2.05) is 22.6 Å². The van der Waals surface area contributed by atoms with Crippen LogP contribution in [0.1, 0.15) is 27.9 Å². The van der Waals surface area contributed by atoms with Crippen LogP contribution >= 0.6 is 22.6 Å². The molecule has 0 fully saturated rings. The third-order valence-corrected chi connectivity index (χ3v) is 4.90. The summed E-state index contributed by atoms with van der Waals surface area (Å²) in [4.78, 5) is 49.0. The predicted molar refractivity (Wildman–Crippen MR) is 111 cm³/mol. The van der Waals surface area contributed by atoms with E-state index in [1.54, 1.807) is 6.92 Å². The second kappa shape index (κ2) is 8.33. The lowest BCUT2D eigenvalue weighted by molar-refractivity contribution is -0.143. The zero-order valence-electron chi connectivity index (χ0n) is 16.0. The summed E-state index contributed by atoms with van der Waals surface area (Å²) in [5.41, 5.74) is 6.39. The van der Waals surface area contributed by atoms with Gasteiger partial charge in [0.1, 0.15) is 15.8 Å². The smallest absolute Gasteiger partial charge is 0.384 e. The van der Waals surface area contributed by atoms with Crippen molar-refractivity contribution in [3.8, 4) is 11.5 Å². The molecule has 1 aliphatic heterocycles. The van der Waals surface area contributed by atoms with Crippen molar-refractivity contribution in [2.45, 2.75) is 13.5 Å². The van der Waals surface area contributed by atoms with Gasteiger partial charge in [-0.2, -0.15) is 0 Å². The van der Waals surface area contributed by atoms with Crippen LogP contribution in [0.15, 0.2) is 18.2 Å². The molecule has 0 aliphatic carbocycles. The lowest BCUT2D eigenvalue weighted by atomic mass is 10.2. The molecule has 0 saturated carbocycles. The van der Waals surface area contributed by atoms with E-state index in [9.17, 15) is 14.4 Å². The number of anilines is 1. The number of rotatable bonds is 5. The number of imidazole rings is 1. The summed E-state index contributed by atoms with van der Waals surface area (Å²) in [5, 5.41) is 0. The van der Waals surface area contributed by atoms with Crippen LogP contribution < -0.4 is 15.2 Å². The van der Waals surface area contributed by atoms with Crippen LogP contribution in [-0.2, 0) is 20.8 Å². The molecule has 1 aromatic carbocycles. The van der Waals surface area contributed by atoms with Gasteiger partial charge in [0.05, 0.1) is 12.2 Å². The summed E-state index contributed by atoms with van der Waals surface area (Å²) in [7, 11) is 0. The molecule has 0 unspecified atom stereocenters. The van der Waals surface area contributed by atoms with Crippen molar-refractivity contribution in [1.29, 1.82) is 0 Å². The van der Waals surface area contributed by atoms with Gasteiger partial charge in [0, 0.05) is 0 Å². The predicted octanol–water partition coefficient (Wildman–Crippen LogP) is 1.30. The summed E-state index contributed by atoms with van der Waals surface area (Å²) in [6, 6.07) is 4.37. The summed E-state index contributed by atoms with van der Waals surface area (Å²) in [6.45, 7) is 1.65. The number of nitrogen functional groups attached to an aromatic ring is 1. The molecule has 12 nitrogen and oxygen atoms in total. The van der Waals surface area contributed by atoms with Gasteiger partial charge in [0.25, 0.3) is 0 Å². The zero-order valence-corrected chi connectivity index (χ0v) is 18.1. The second-order valence-electron chi connectivity index (χ2n) is 6.12. The number of ether oxygens (including phenoxy) is 4. The normalized spacial score (nSPS) is 12.1. The Bertz CT molecular complexity index is 1230. The first-order chi connectivity index (χ1) is 14.9. The van der Waals surface area contributed by atoms with Crippen LogP contribution in [0.4, 0.5) is 5.95 Å². The minimum Gasteiger partial charge on any atom is -0.465 e. The summed E-state index contributed by atoms with van der Waals surface area (Å²) >= 11 is 1.84. The van der Waals surface area contributed by atoms with E-state index >= 15 is 0 Å². The molecule has 3 heterocycles. The van der Waals surface area contributed by atoms with E-state index < -0.39 is 23.7 Å². The molecular weight excluding hydrogens is 525 g/mol. The maximum atomic E-state index is 12.5. The summed E-state index contributed by atoms with van der Waals surface area (Å²) in [5.74, 6) is -2.09. The average Bonchev–Trinajstić information content (AvgIpc) is 3.32. The fourth-order valence-electron chi connectivity index (χ4n) is 2.78. The number of nitrogens with zero attached hydrogens (tertiary/aromatic N) is 4. The first-order valence-corrected chi connectivity index (χ1v) is 9.96. The van der Waals surface area contributed by atoms with Gasteiger partial charge in [0.15, 0.2) is 17.1 Å². The number of hydrogen-bond acceptors (Lipinski definition) is 11. The lowest BCUT2D eigenvalue weighted by Gasteiger charge is -2.07. The van der Waals surface area contributed by atoms with E-state index in [0.717, 1.165) is 0 Å². The van der Waals surface area contributed by atoms with Crippen LogP contribution in [0.3, 0.4) is 0 Å². The molecule has 0 saturated heterocycles. The molecule has 31 heavy (non-hydrogen) atoms. The number of aromatic nitrogens is 4. The van der Waals surface area contributed by atoms with Crippen molar-refractivity contribution in [3.63, 3.8) is 0 Å². The number of benzene rings is 1. The maximum Gasteiger partial charge on any atom is 0.384 e. The second-order valence-corrected chi connectivity index (χ2v) is 7.14. The number of nitrogens with two attached hydrogens (primary N) is 1. The topological polar surface area (TPSA) is 158 Å². The van der Waals surface area contributed by atoms with Crippen molar-refractivity contribution in [1.82, 2.24) is 19.5 Å². The molecular formula is C18H14IN5O7. The zero-order chi connectivity index (χ0) is 22.1. The summed E-state index contributed by atoms with van der Waals surface area (Å²) in [6.07, 6.45) is 0. The Labute approximate surface area is 187 Å². The first kappa shape index (κ1) is 20.8. The number of fused-ring (bicyclic) bond motifs is 2. The van der Waals surface area contributed by atoms with Crippen LogP contribution in [0.2, 0.25) is 0 Å². The van der Waals surface area contributed by atoms with Crippen molar-refractivity contribution in [2.75, 3.05) is 19.1 Å². The molecule has 2 aromatic heterocycles. The molecule has 160 valence electrons. The van der Waals surface area contributed by atoms with Gasteiger partial charge in [-0.3, -0.25) is 9.36 Å². The Morgan fingerprint density at radius 1 is 1.16 bits per heavy atom. The highest BCUT2D eigenvalue weighted by atomic mass is 127. The highest BCUT2D eigenvalue weighted by Crippen LogP contribution is 2.32. The quantitative estimate of drug-likeness (QED) is 0.216. The van der Waals surface area contributed by atoms with Gasteiger partial charge in [-0.15, -0.1) is 0 Å². The molecule has 0 radical (unpaired) electrons. The Morgan fingerprint density at radius 2 is 1.94 bits per heavy atom. The molecule has 0 bridgehead atoms. The Balaban J connectivity index is 1.60. The minimum atomic E-state index is -1.08. The summed E-state index contributed by atoms with van der Waals surface area (Å²) < 4.78 is 21.8. The highest BCUT2D eigenvalue weighted by molar-refractivity contribution is 14.1. The lowest BCUT2D eigenvalue weighted by Crippen LogP contribution is -2.18. The fourth-order valence-corrected chi connectivity index (χ4v) is 3.37. The fraction of sp³-hybridized carbons (Fsp3) is 0.222. The molecule has 3 aromatic rings. The maximum absolute atomic E-state index is 12.5. The number of halogens is 1.